The molecule has 5 heteroatoms. The average Bonchev–Trinajstić information content (AvgIpc) is 2.52. The van der Waals surface area contributed by atoms with Crippen molar-refractivity contribution in [3.05, 3.63) is 29.8 Å². The Labute approximate surface area is 105 Å². The predicted octanol–water partition coefficient (Wildman–Crippen LogP) is 2.37. The van der Waals surface area contributed by atoms with Crippen molar-refractivity contribution in [2.24, 2.45) is 0 Å². The van der Waals surface area contributed by atoms with E-state index in [0.717, 1.165) is 23.7 Å². The highest BCUT2D eigenvalue weighted by molar-refractivity contribution is 9.09. The van der Waals surface area contributed by atoms with Crippen molar-refractivity contribution in [2.75, 3.05) is 11.9 Å². The summed E-state index contributed by atoms with van der Waals surface area (Å²) in [5.74, 6) is 0. The van der Waals surface area contributed by atoms with Gasteiger partial charge in [0.25, 0.3) is 0 Å². The minimum atomic E-state index is -3.21. The number of benzene rings is 1. The molecule has 1 aromatic carbocycles. The zero-order valence-electron chi connectivity index (χ0n) is 8.89. The van der Waals surface area contributed by atoms with E-state index >= 15 is 0 Å². The first-order valence-electron chi connectivity index (χ1n) is 5.30. The molecule has 0 aromatic heterocycles. The molecule has 1 aliphatic heterocycles. The van der Waals surface area contributed by atoms with E-state index in [1.807, 2.05) is 12.1 Å². The number of unbranched alkanes of at least 4 members (excludes halogenated alkanes) is 1. The van der Waals surface area contributed by atoms with E-state index in [1.54, 1.807) is 16.4 Å². The Morgan fingerprint density at radius 2 is 2.00 bits per heavy atom. The first-order chi connectivity index (χ1) is 7.66. The lowest BCUT2D eigenvalue weighted by atomic mass is 10.2. The van der Waals surface area contributed by atoms with E-state index < -0.39 is 10.0 Å². The summed E-state index contributed by atoms with van der Waals surface area (Å²) in [6.07, 6.45) is 1.90. The van der Waals surface area contributed by atoms with Gasteiger partial charge in [0.05, 0.1) is 4.90 Å². The molecule has 0 saturated heterocycles. The Morgan fingerprint density at radius 3 is 2.69 bits per heavy atom. The highest BCUT2D eigenvalue weighted by Crippen LogP contribution is 2.29. The molecule has 0 aliphatic carbocycles. The molecule has 0 bridgehead atoms. The molecule has 0 unspecified atom stereocenters. The number of halogens is 1. The Balaban J connectivity index is 2.17. The smallest absolute Gasteiger partial charge is 0.207 e. The molecule has 1 aromatic rings. The second-order valence-electron chi connectivity index (χ2n) is 3.84. The summed E-state index contributed by atoms with van der Waals surface area (Å²) in [4.78, 5) is 0.480. The lowest BCUT2D eigenvalue weighted by molar-refractivity contribution is 0.416. The average molecular weight is 304 g/mol. The monoisotopic (exact) mass is 303 g/mol. The molecule has 1 heterocycles. The second kappa shape index (κ2) is 4.85. The number of nitrogens with zero attached hydrogens (tertiary/aromatic N) is 1. The molecule has 0 N–H and O–H groups in total. The van der Waals surface area contributed by atoms with E-state index in [0.29, 0.717) is 18.0 Å². The van der Waals surface area contributed by atoms with Crippen molar-refractivity contribution >= 4 is 26.0 Å². The third kappa shape index (κ3) is 2.17. The van der Waals surface area contributed by atoms with Gasteiger partial charge in [0.1, 0.15) is 0 Å². The maximum Gasteiger partial charge on any atom is 0.243 e. The zero-order valence-corrected chi connectivity index (χ0v) is 11.3. The van der Waals surface area contributed by atoms with E-state index in [1.165, 1.54) is 0 Å². The molecule has 88 valence electrons. The van der Waals surface area contributed by atoms with Gasteiger partial charge in [0.2, 0.25) is 10.0 Å². The van der Waals surface area contributed by atoms with Gasteiger partial charge in [-0.2, -0.15) is 4.31 Å². The van der Waals surface area contributed by atoms with Crippen LogP contribution in [0.3, 0.4) is 0 Å². The van der Waals surface area contributed by atoms with E-state index in [9.17, 15) is 8.42 Å². The summed E-state index contributed by atoms with van der Waals surface area (Å²) >= 11 is 3.35. The third-order valence-electron chi connectivity index (χ3n) is 2.73. The van der Waals surface area contributed by atoms with Crippen LogP contribution in [0.5, 0.6) is 0 Å². The Hall–Kier alpha value is -0.390. The standard InChI is InChI=1S/C11H14BrNO2S/c12-7-3-4-8-13-9-10-5-1-2-6-11(10)16(13,14)15/h1-2,5-6H,3-4,7-9H2. The predicted molar refractivity (Wildman–Crippen MR) is 67.1 cm³/mol. The van der Waals surface area contributed by atoms with Crippen LogP contribution in [0.2, 0.25) is 0 Å². The summed E-state index contributed by atoms with van der Waals surface area (Å²) < 4.78 is 25.8. The van der Waals surface area contributed by atoms with E-state index in [-0.39, 0.29) is 0 Å². The first kappa shape index (κ1) is 12.1. The van der Waals surface area contributed by atoms with E-state index in [4.69, 9.17) is 0 Å². The lowest BCUT2D eigenvalue weighted by Gasteiger charge is -2.13. The highest BCUT2D eigenvalue weighted by atomic mass is 79.9. The fraction of sp³-hybridized carbons (Fsp3) is 0.455. The van der Waals surface area contributed by atoms with Gasteiger partial charge in [0.15, 0.2) is 0 Å². The largest absolute Gasteiger partial charge is 0.243 e. The van der Waals surface area contributed by atoms with Gasteiger partial charge in [-0.25, -0.2) is 8.42 Å². The van der Waals surface area contributed by atoms with Crippen molar-refractivity contribution < 1.29 is 8.42 Å². The summed E-state index contributed by atoms with van der Waals surface area (Å²) in [6, 6.07) is 7.24. The second-order valence-corrected chi connectivity index (χ2v) is 6.54. The fourth-order valence-corrected chi connectivity index (χ4v) is 3.95. The molecule has 3 nitrogen and oxygen atoms in total. The minimum absolute atomic E-state index is 0.480. The van der Waals surface area contributed by atoms with Crippen molar-refractivity contribution in [3.8, 4) is 0 Å². The number of rotatable bonds is 4. The van der Waals surface area contributed by atoms with Crippen LogP contribution in [0.4, 0.5) is 0 Å². The third-order valence-corrected chi connectivity index (χ3v) is 5.23. The number of alkyl halides is 1. The Morgan fingerprint density at radius 1 is 1.25 bits per heavy atom. The van der Waals surface area contributed by atoms with E-state index in [2.05, 4.69) is 15.9 Å². The van der Waals surface area contributed by atoms with Crippen LogP contribution in [0.1, 0.15) is 18.4 Å². The number of hydrogen-bond acceptors (Lipinski definition) is 2. The molecular formula is C11H14BrNO2S. The normalized spacial score (nSPS) is 18.6. The van der Waals surface area contributed by atoms with Gasteiger partial charge in [0, 0.05) is 18.4 Å². The first-order valence-corrected chi connectivity index (χ1v) is 7.86. The number of hydrogen-bond donors (Lipinski definition) is 0. The highest BCUT2D eigenvalue weighted by Gasteiger charge is 2.33. The van der Waals surface area contributed by atoms with Crippen LogP contribution in [-0.2, 0) is 16.6 Å². The van der Waals surface area contributed by atoms with Crippen molar-refractivity contribution in [1.29, 1.82) is 0 Å². The summed E-state index contributed by atoms with van der Waals surface area (Å²) in [5.41, 5.74) is 0.918. The topological polar surface area (TPSA) is 37.4 Å². The van der Waals surface area contributed by atoms with Crippen molar-refractivity contribution in [1.82, 2.24) is 4.31 Å². The van der Waals surface area contributed by atoms with Crippen molar-refractivity contribution in [2.45, 2.75) is 24.3 Å². The van der Waals surface area contributed by atoms with Gasteiger partial charge >= 0.3 is 0 Å². The summed E-state index contributed by atoms with van der Waals surface area (Å²) in [7, 11) is -3.21. The quantitative estimate of drug-likeness (QED) is 0.632. The molecule has 0 spiro atoms. The van der Waals surface area contributed by atoms with Crippen LogP contribution in [0, 0.1) is 0 Å². The summed E-state index contributed by atoms with van der Waals surface area (Å²) in [5, 5.41) is 0.924. The van der Waals surface area contributed by atoms with Gasteiger partial charge in [-0.15, -0.1) is 0 Å². The van der Waals surface area contributed by atoms with Gasteiger partial charge in [-0.3, -0.25) is 0 Å². The molecule has 2 rings (SSSR count). The van der Waals surface area contributed by atoms with Gasteiger partial charge in [-0.1, -0.05) is 34.1 Å². The van der Waals surface area contributed by atoms with Crippen LogP contribution >= 0.6 is 15.9 Å². The molecule has 0 radical (unpaired) electrons. The fourth-order valence-electron chi connectivity index (χ4n) is 1.88. The molecular weight excluding hydrogens is 290 g/mol. The maximum atomic E-state index is 12.1. The molecule has 1 aliphatic rings. The lowest BCUT2D eigenvalue weighted by Crippen LogP contribution is -2.25. The summed E-state index contributed by atoms with van der Waals surface area (Å²) in [6.45, 7) is 1.14. The molecule has 0 fully saturated rings. The van der Waals surface area contributed by atoms with Gasteiger partial charge < -0.3 is 0 Å². The SMILES string of the molecule is O=S1(=O)c2ccccc2CN1CCCCBr. The van der Waals surface area contributed by atoms with Crippen LogP contribution in [0.15, 0.2) is 29.2 Å². The van der Waals surface area contributed by atoms with Gasteiger partial charge in [-0.05, 0) is 24.5 Å². The zero-order chi connectivity index (χ0) is 11.6. The van der Waals surface area contributed by atoms with Crippen LogP contribution in [-0.4, -0.2) is 24.6 Å². The van der Waals surface area contributed by atoms with Crippen LogP contribution < -0.4 is 0 Å². The molecule has 0 saturated carbocycles. The molecule has 0 amide bonds. The maximum absolute atomic E-state index is 12.1. The Kier molecular flexibility index (Phi) is 3.66. The number of sulfonamides is 1. The number of fused-ring (bicyclic) bond motifs is 1. The molecule has 0 atom stereocenters. The van der Waals surface area contributed by atoms with Crippen molar-refractivity contribution in [3.63, 3.8) is 0 Å². The van der Waals surface area contributed by atoms with Crippen LogP contribution in [0.25, 0.3) is 0 Å². The Bertz CT molecular complexity index is 473. The molecule has 16 heavy (non-hydrogen) atoms. The minimum Gasteiger partial charge on any atom is -0.207 e.